The van der Waals surface area contributed by atoms with Gasteiger partial charge in [0.05, 0.1) is 5.97 Å². The molecule has 2 aromatic rings. The van der Waals surface area contributed by atoms with Crippen LogP contribution in [0.4, 0.5) is 4.39 Å². The van der Waals surface area contributed by atoms with E-state index in [1.165, 1.54) is 50.0 Å². The summed E-state index contributed by atoms with van der Waals surface area (Å²) in [5.41, 5.74) is 1.44. The third kappa shape index (κ3) is 6.20. The predicted molar refractivity (Wildman–Crippen MR) is 86.3 cm³/mol. The van der Waals surface area contributed by atoms with Crippen molar-refractivity contribution in [1.29, 1.82) is 0 Å². The van der Waals surface area contributed by atoms with Gasteiger partial charge in [0.15, 0.2) is 0 Å². The molecule has 0 radical (unpaired) electrons. The minimum atomic E-state index is -1.13. The monoisotopic (exact) mass is 314 g/mol. The largest absolute Gasteiger partial charge is 0.545 e. The van der Waals surface area contributed by atoms with Gasteiger partial charge in [0.2, 0.25) is 0 Å². The molecule has 0 bridgehead atoms. The second-order valence-electron chi connectivity index (χ2n) is 5.62. The molecule has 3 rings (SSSR count). The smallest absolute Gasteiger partial charge is 0.123 e. The maximum Gasteiger partial charge on any atom is 0.123 e. The zero-order valence-corrected chi connectivity index (χ0v) is 13.1. The lowest BCUT2D eigenvalue weighted by Crippen LogP contribution is -2.29. The van der Waals surface area contributed by atoms with Crippen molar-refractivity contribution in [3.63, 3.8) is 0 Å². The summed E-state index contributed by atoms with van der Waals surface area (Å²) in [5.74, 6) is -1.28. The number of nitrogens with zero attached hydrogens (tertiary/aromatic N) is 1. The minimum Gasteiger partial charge on any atom is -0.545 e. The maximum atomic E-state index is 12.7. The Morgan fingerprint density at radius 3 is 2.09 bits per heavy atom. The van der Waals surface area contributed by atoms with Crippen LogP contribution in [0.25, 0.3) is 0 Å². The predicted octanol–water partition coefficient (Wildman–Crippen LogP) is 2.86. The van der Waals surface area contributed by atoms with Gasteiger partial charge >= 0.3 is 0 Å². The SMILES string of the molecule is Fc1ccc(CN2CCCCC2)cc1.O=C([O-])c1ccccc1. The Labute approximate surface area is 136 Å². The van der Waals surface area contributed by atoms with Gasteiger partial charge in [-0.05, 0) is 49.2 Å². The van der Waals surface area contributed by atoms with Crippen LogP contribution in [0.2, 0.25) is 0 Å². The Hall–Kier alpha value is -2.20. The second-order valence-corrected chi connectivity index (χ2v) is 5.62. The van der Waals surface area contributed by atoms with Crippen molar-refractivity contribution in [1.82, 2.24) is 4.90 Å². The highest BCUT2D eigenvalue weighted by Gasteiger charge is 2.09. The van der Waals surface area contributed by atoms with E-state index in [1.54, 1.807) is 30.3 Å². The molecule has 3 nitrogen and oxygen atoms in total. The molecule has 0 unspecified atom stereocenters. The summed E-state index contributed by atoms with van der Waals surface area (Å²) in [6, 6.07) is 14.9. The lowest BCUT2D eigenvalue weighted by molar-refractivity contribution is -0.255. The van der Waals surface area contributed by atoms with E-state index < -0.39 is 5.97 Å². The molecule has 0 N–H and O–H groups in total. The Morgan fingerprint density at radius 2 is 1.57 bits per heavy atom. The number of aromatic carboxylic acids is 1. The number of piperidine rings is 1. The number of halogens is 1. The van der Waals surface area contributed by atoms with Crippen LogP contribution in [-0.2, 0) is 6.54 Å². The van der Waals surface area contributed by atoms with Gasteiger partial charge in [-0.1, -0.05) is 48.9 Å². The summed E-state index contributed by atoms with van der Waals surface area (Å²) in [4.78, 5) is 12.5. The molecule has 23 heavy (non-hydrogen) atoms. The highest BCUT2D eigenvalue weighted by Crippen LogP contribution is 2.13. The summed E-state index contributed by atoms with van der Waals surface area (Å²) in [6.07, 6.45) is 3.97. The number of rotatable bonds is 3. The van der Waals surface area contributed by atoms with Crippen molar-refractivity contribution in [3.8, 4) is 0 Å². The molecule has 0 aliphatic carbocycles. The van der Waals surface area contributed by atoms with Crippen molar-refractivity contribution in [3.05, 3.63) is 71.5 Å². The summed E-state index contributed by atoms with van der Waals surface area (Å²) >= 11 is 0. The van der Waals surface area contributed by atoms with E-state index in [0.717, 1.165) is 6.54 Å². The fourth-order valence-electron chi connectivity index (χ4n) is 2.54. The van der Waals surface area contributed by atoms with Crippen LogP contribution in [0.3, 0.4) is 0 Å². The van der Waals surface area contributed by atoms with E-state index in [2.05, 4.69) is 4.90 Å². The van der Waals surface area contributed by atoms with Crippen LogP contribution < -0.4 is 5.11 Å². The minimum absolute atomic E-state index is 0.146. The molecule has 1 fully saturated rings. The van der Waals surface area contributed by atoms with Crippen LogP contribution in [-0.4, -0.2) is 24.0 Å². The first-order chi connectivity index (χ1) is 11.1. The number of hydrogen-bond donors (Lipinski definition) is 0. The molecule has 0 spiro atoms. The van der Waals surface area contributed by atoms with Gasteiger partial charge in [-0.3, -0.25) is 4.90 Å². The number of likely N-dealkylation sites (tertiary alicyclic amines) is 1. The quantitative estimate of drug-likeness (QED) is 0.875. The lowest BCUT2D eigenvalue weighted by Gasteiger charge is -2.26. The number of carboxylic acids is 1. The molecule has 1 saturated heterocycles. The molecule has 1 aliphatic heterocycles. The van der Waals surface area contributed by atoms with E-state index in [9.17, 15) is 14.3 Å². The van der Waals surface area contributed by atoms with E-state index >= 15 is 0 Å². The maximum absolute atomic E-state index is 12.7. The van der Waals surface area contributed by atoms with Gasteiger partial charge < -0.3 is 9.90 Å². The topological polar surface area (TPSA) is 43.4 Å². The first-order valence-corrected chi connectivity index (χ1v) is 7.88. The molecule has 2 aromatic carbocycles. The fraction of sp³-hybridized carbons (Fsp3) is 0.316. The number of carboxylic acid groups (broad SMARTS) is 1. The van der Waals surface area contributed by atoms with E-state index in [-0.39, 0.29) is 11.4 Å². The standard InChI is InChI=1S/C12H16FN.C7H6O2/c13-12-6-4-11(5-7-12)10-14-8-2-1-3-9-14;8-7(9)6-4-2-1-3-5-6/h4-7H,1-3,8-10H2;1-5H,(H,8,9)/p-1. The van der Waals surface area contributed by atoms with Crippen molar-refractivity contribution < 1.29 is 14.3 Å². The van der Waals surface area contributed by atoms with Crippen molar-refractivity contribution in [2.45, 2.75) is 25.8 Å². The zero-order chi connectivity index (χ0) is 16.5. The number of carbonyl (C=O) groups excluding carboxylic acids is 1. The first kappa shape index (κ1) is 17.2. The Morgan fingerprint density at radius 1 is 0.957 bits per heavy atom. The van der Waals surface area contributed by atoms with Gasteiger partial charge in [0.1, 0.15) is 5.82 Å². The molecule has 0 saturated carbocycles. The lowest BCUT2D eigenvalue weighted by atomic mass is 10.1. The third-order valence-corrected chi connectivity index (χ3v) is 3.78. The summed E-state index contributed by atoms with van der Waals surface area (Å²) in [6.45, 7) is 3.36. The molecule has 4 heteroatoms. The Balaban J connectivity index is 0.000000185. The zero-order valence-electron chi connectivity index (χ0n) is 13.1. The summed E-state index contributed by atoms with van der Waals surface area (Å²) < 4.78 is 12.7. The molecule has 0 amide bonds. The van der Waals surface area contributed by atoms with Crippen LogP contribution in [0.15, 0.2) is 54.6 Å². The molecular weight excluding hydrogens is 293 g/mol. The van der Waals surface area contributed by atoms with Crippen LogP contribution in [0, 0.1) is 5.82 Å². The summed E-state index contributed by atoms with van der Waals surface area (Å²) in [5, 5.41) is 10.1. The van der Waals surface area contributed by atoms with Gasteiger partial charge in [0, 0.05) is 6.54 Å². The van der Waals surface area contributed by atoms with Gasteiger partial charge in [-0.25, -0.2) is 4.39 Å². The van der Waals surface area contributed by atoms with Gasteiger partial charge in [0.25, 0.3) is 0 Å². The molecular formula is C19H21FNO2-. The first-order valence-electron chi connectivity index (χ1n) is 7.88. The van der Waals surface area contributed by atoms with Gasteiger partial charge in [-0.2, -0.15) is 0 Å². The van der Waals surface area contributed by atoms with Crippen LogP contribution in [0.5, 0.6) is 0 Å². The Kier molecular flexibility index (Phi) is 6.76. The molecule has 0 aromatic heterocycles. The van der Waals surface area contributed by atoms with Crippen molar-refractivity contribution in [2.24, 2.45) is 0 Å². The third-order valence-electron chi connectivity index (χ3n) is 3.78. The fourth-order valence-corrected chi connectivity index (χ4v) is 2.54. The van der Waals surface area contributed by atoms with Crippen molar-refractivity contribution >= 4 is 5.97 Å². The average Bonchev–Trinajstić information content (AvgIpc) is 2.59. The normalized spacial score (nSPS) is 14.7. The second kappa shape index (κ2) is 9.06. The molecule has 1 heterocycles. The van der Waals surface area contributed by atoms with E-state index in [0.29, 0.717) is 0 Å². The number of benzene rings is 2. The van der Waals surface area contributed by atoms with Crippen molar-refractivity contribution in [2.75, 3.05) is 13.1 Å². The molecule has 122 valence electrons. The van der Waals surface area contributed by atoms with Crippen LogP contribution in [0.1, 0.15) is 35.2 Å². The summed E-state index contributed by atoms with van der Waals surface area (Å²) in [7, 11) is 0. The van der Waals surface area contributed by atoms with Gasteiger partial charge in [-0.15, -0.1) is 0 Å². The average molecular weight is 314 g/mol. The molecule has 1 aliphatic rings. The molecule has 0 atom stereocenters. The van der Waals surface area contributed by atoms with E-state index in [1.807, 2.05) is 12.1 Å². The van der Waals surface area contributed by atoms with E-state index in [4.69, 9.17) is 0 Å². The van der Waals surface area contributed by atoms with Crippen LogP contribution >= 0.6 is 0 Å². The number of carbonyl (C=O) groups is 1. The number of hydrogen-bond acceptors (Lipinski definition) is 3. The Bertz CT molecular complexity index is 593. The highest BCUT2D eigenvalue weighted by atomic mass is 19.1. The highest BCUT2D eigenvalue weighted by molar-refractivity contribution is 5.85.